The number of fused-ring (bicyclic) bond motifs is 3. The lowest BCUT2D eigenvalue weighted by Gasteiger charge is -2.50. The number of hydrogen-bond donors (Lipinski definition) is 4. The number of likely N-dealkylation sites (tertiary alicyclic amines) is 1. The van der Waals surface area contributed by atoms with Gasteiger partial charge in [0.1, 0.15) is 5.69 Å². The second kappa shape index (κ2) is 12.3. The predicted octanol–water partition coefficient (Wildman–Crippen LogP) is 1.81. The summed E-state index contributed by atoms with van der Waals surface area (Å²) in [6.45, 7) is 3.66. The third-order valence-corrected chi connectivity index (χ3v) is 9.31. The Morgan fingerprint density at radius 1 is 0.959 bits per heavy atom. The zero-order valence-corrected chi connectivity index (χ0v) is 27.7. The van der Waals surface area contributed by atoms with Crippen molar-refractivity contribution in [3.05, 3.63) is 70.9 Å². The molecule has 246 valence electrons. The van der Waals surface area contributed by atoms with E-state index in [0.29, 0.717) is 31.0 Å². The molecule has 49 heavy (non-hydrogen) atoms. The summed E-state index contributed by atoms with van der Waals surface area (Å²) in [6.07, 6.45) is 1.71. The first kappa shape index (κ1) is 32.3. The van der Waals surface area contributed by atoms with E-state index in [4.69, 9.17) is 20.8 Å². The van der Waals surface area contributed by atoms with Crippen LogP contribution in [0.3, 0.4) is 0 Å². The molecule has 3 amide bonds. The number of anilines is 4. The fourth-order valence-electron chi connectivity index (χ4n) is 6.50. The van der Waals surface area contributed by atoms with Crippen LogP contribution in [0.1, 0.15) is 56.9 Å². The van der Waals surface area contributed by atoms with Gasteiger partial charge in [0.2, 0.25) is 5.91 Å². The Labute approximate surface area is 286 Å². The lowest BCUT2D eigenvalue weighted by atomic mass is 9.57. The number of pyridine rings is 1. The molecule has 2 aliphatic heterocycles. The fraction of sp³-hybridized carbons (Fsp3) is 0.364. The van der Waals surface area contributed by atoms with E-state index in [1.165, 1.54) is 7.05 Å². The average Bonchev–Trinajstić information content (AvgIpc) is 3.88. The highest BCUT2D eigenvalue weighted by Gasteiger charge is 2.42. The molecule has 0 unspecified atom stereocenters. The second-order valence-corrected chi connectivity index (χ2v) is 12.7. The van der Waals surface area contributed by atoms with Crippen molar-refractivity contribution < 1.29 is 14.4 Å². The van der Waals surface area contributed by atoms with Crippen LogP contribution in [0.25, 0.3) is 11.1 Å². The summed E-state index contributed by atoms with van der Waals surface area (Å²) in [4.78, 5) is 45.8. The topological polar surface area (TPSA) is 162 Å². The number of amides is 3. The lowest BCUT2D eigenvalue weighted by Crippen LogP contribution is -2.60. The molecular weight excluding hydrogens is 620 g/mol. The van der Waals surface area contributed by atoms with Crippen molar-refractivity contribution in [2.75, 3.05) is 49.8 Å². The highest BCUT2D eigenvalue weighted by molar-refractivity contribution is 6.39. The molecule has 2 fully saturated rings. The summed E-state index contributed by atoms with van der Waals surface area (Å²) in [7, 11) is 18.3. The quantitative estimate of drug-likeness (QED) is 0.196. The molecule has 0 spiro atoms. The molecule has 0 atom stereocenters. The summed E-state index contributed by atoms with van der Waals surface area (Å²) >= 11 is 0. The molecule has 1 saturated heterocycles. The number of carbonyl (C=O) groups is 3. The Kier molecular flexibility index (Phi) is 8.13. The Morgan fingerprint density at radius 2 is 1.69 bits per heavy atom. The van der Waals surface area contributed by atoms with Crippen molar-refractivity contribution in [1.82, 2.24) is 40.5 Å². The molecule has 3 aliphatic rings. The average molecular weight is 655 g/mol. The van der Waals surface area contributed by atoms with Gasteiger partial charge in [0.05, 0.1) is 56.7 Å². The molecule has 1 saturated carbocycles. The van der Waals surface area contributed by atoms with Gasteiger partial charge in [-0.25, -0.2) is 4.98 Å². The summed E-state index contributed by atoms with van der Waals surface area (Å²) in [6, 6.07) is 12.7. The first-order chi connectivity index (χ1) is 23.5. The molecule has 5 heterocycles. The maximum absolute atomic E-state index is 12.8. The molecule has 1 aromatic carbocycles. The van der Waals surface area contributed by atoms with Crippen LogP contribution in [-0.2, 0) is 16.7 Å². The van der Waals surface area contributed by atoms with E-state index in [0.717, 1.165) is 46.7 Å². The molecule has 4 radical (unpaired) electrons. The molecule has 7 rings (SSSR count). The van der Waals surface area contributed by atoms with Crippen LogP contribution in [0.2, 0.25) is 0 Å². The molecule has 0 bridgehead atoms. The van der Waals surface area contributed by atoms with Gasteiger partial charge in [0.25, 0.3) is 11.8 Å². The van der Waals surface area contributed by atoms with Crippen molar-refractivity contribution in [1.29, 1.82) is 0 Å². The van der Waals surface area contributed by atoms with E-state index >= 15 is 0 Å². The molecule has 16 heteroatoms. The van der Waals surface area contributed by atoms with Gasteiger partial charge < -0.3 is 31.1 Å². The third-order valence-electron chi connectivity index (χ3n) is 9.31. The van der Waals surface area contributed by atoms with E-state index in [2.05, 4.69) is 52.1 Å². The number of hydrogen-bond acceptors (Lipinski definition) is 10. The Hall–Kier alpha value is -5.24. The number of carbonyl (C=O) groups excluding carboxylic acids is 3. The zero-order chi connectivity index (χ0) is 34.6. The van der Waals surface area contributed by atoms with Crippen LogP contribution < -0.4 is 26.2 Å². The van der Waals surface area contributed by atoms with Crippen LogP contribution in [0.4, 0.5) is 22.9 Å². The largest absolute Gasteiger partial charge is 0.366 e. The summed E-state index contributed by atoms with van der Waals surface area (Å²) < 4.78 is 2.07. The zero-order valence-electron chi connectivity index (χ0n) is 27.7. The molecular formula is C33H35B2N11O3. The second-order valence-electron chi connectivity index (χ2n) is 12.7. The number of aryl methyl sites for hydroxylation is 1. The number of benzene rings is 1. The van der Waals surface area contributed by atoms with Crippen LogP contribution in [0.15, 0.2) is 42.5 Å². The molecule has 1 aliphatic carbocycles. The van der Waals surface area contributed by atoms with Gasteiger partial charge in [-0.05, 0) is 43.3 Å². The Morgan fingerprint density at radius 3 is 2.41 bits per heavy atom. The van der Waals surface area contributed by atoms with Crippen LogP contribution in [-0.4, -0.2) is 97.5 Å². The smallest absolute Gasteiger partial charge is 0.273 e. The van der Waals surface area contributed by atoms with Gasteiger partial charge in [0.15, 0.2) is 11.5 Å². The highest BCUT2D eigenvalue weighted by Crippen LogP contribution is 2.46. The molecule has 4 N–H and O–H groups in total. The number of nitrogens with zero attached hydrogens (tertiary/aromatic N) is 7. The maximum atomic E-state index is 12.8. The fourth-order valence-corrected chi connectivity index (χ4v) is 6.50. The van der Waals surface area contributed by atoms with Crippen molar-refractivity contribution in [2.24, 2.45) is 5.92 Å². The number of nitrogens with one attached hydrogen (secondary N) is 4. The number of rotatable bonds is 9. The maximum Gasteiger partial charge on any atom is 0.273 e. The van der Waals surface area contributed by atoms with Crippen LogP contribution >= 0.6 is 0 Å². The molecule has 4 aromatic rings. The van der Waals surface area contributed by atoms with Crippen molar-refractivity contribution in [3.8, 4) is 11.1 Å². The third kappa shape index (κ3) is 5.79. The lowest BCUT2D eigenvalue weighted by molar-refractivity contribution is -0.117. The van der Waals surface area contributed by atoms with Gasteiger partial charge in [-0.2, -0.15) is 5.10 Å². The summed E-state index contributed by atoms with van der Waals surface area (Å²) in [5.74, 6) is -0.559. The predicted molar refractivity (Wildman–Crippen MR) is 186 cm³/mol. The van der Waals surface area contributed by atoms with E-state index in [1.807, 2.05) is 31.0 Å². The minimum atomic E-state index is -1.37. The first-order valence-corrected chi connectivity index (χ1v) is 16.1. The van der Waals surface area contributed by atoms with Crippen molar-refractivity contribution in [2.45, 2.75) is 37.7 Å². The highest BCUT2D eigenvalue weighted by atomic mass is 16.2. The van der Waals surface area contributed by atoms with E-state index < -0.39 is 11.2 Å². The van der Waals surface area contributed by atoms with E-state index in [-0.39, 0.29) is 41.0 Å². The Balaban J connectivity index is 1.16. The normalized spacial score (nSPS) is 15.9. The minimum Gasteiger partial charge on any atom is -0.366 e. The summed E-state index contributed by atoms with van der Waals surface area (Å²) in [5, 5.41) is 23.3. The van der Waals surface area contributed by atoms with E-state index in [9.17, 15) is 14.4 Å². The van der Waals surface area contributed by atoms with Gasteiger partial charge in [0, 0.05) is 63.0 Å². The standard InChI is InChI=1S/C33H35B2N11O3/c1-17-27-20-7-5-8-21(38-23-13-26(40-30(47)18-11-12-18)41-42-28(23)32(49)37-3)29(20)44(4)16-24(27)46(43-17)19-14-45(15-19)33(34,35)25-10-6-9-22(39-25)31(48)36-2/h5-10,13,18-19H,11-12,14-16H2,1-4H3,(H,36,48)(H,37,49)(H2,38,40,41,47). The Bertz CT molecular complexity index is 1990. The van der Waals surface area contributed by atoms with Crippen LogP contribution in [0.5, 0.6) is 0 Å². The first-order valence-electron chi connectivity index (χ1n) is 16.1. The number of para-hydroxylation sites is 1. The summed E-state index contributed by atoms with van der Waals surface area (Å²) in [5.41, 5.74) is 6.83. The minimum absolute atomic E-state index is 0.00881. The van der Waals surface area contributed by atoms with Gasteiger partial charge in [-0.1, -0.05) is 18.2 Å². The number of aromatic nitrogens is 5. The van der Waals surface area contributed by atoms with E-state index in [1.54, 1.807) is 31.3 Å². The van der Waals surface area contributed by atoms with Crippen molar-refractivity contribution >= 4 is 56.3 Å². The van der Waals surface area contributed by atoms with Gasteiger partial charge in [-0.15, -0.1) is 10.2 Å². The SMILES string of the molecule is [B]C([B])(c1cccc(C(=O)NC)n1)N1CC(n2nc(C)c3c2CN(C)c2c(Nc4cc(NC(=O)C5CC5)nnc4C(=O)NC)cccc2-3)C1. The van der Waals surface area contributed by atoms with Crippen molar-refractivity contribution in [3.63, 3.8) is 0 Å². The van der Waals surface area contributed by atoms with Gasteiger partial charge >= 0.3 is 0 Å². The molecule has 14 nitrogen and oxygen atoms in total. The van der Waals surface area contributed by atoms with Crippen LogP contribution in [0, 0.1) is 12.8 Å². The molecule has 3 aromatic heterocycles. The van der Waals surface area contributed by atoms with Gasteiger partial charge in [-0.3, -0.25) is 19.1 Å². The monoisotopic (exact) mass is 655 g/mol.